The molecule has 0 aromatic carbocycles. The summed E-state index contributed by atoms with van der Waals surface area (Å²) in [6.07, 6.45) is 6.40. The Kier molecular flexibility index (Phi) is 2.39. The molecule has 0 saturated heterocycles. The van der Waals surface area contributed by atoms with Gasteiger partial charge in [-0.2, -0.15) is 0 Å². The average molecular weight is 268 g/mol. The first-order valence-electron chi connectivity index (χ1n) is 5.62. The van der Waals surface area contributed by atoms with Crippen molar-refractivity contribution in [2.75, 3.05) is 5.32 Å². The molecule has 1 N–H and O–H groups in total. The van der Waals surface area contributed by atoms with Crippen LogP contribution in [0.5, 0.6) is 0 Å². The zero-order chi connectivity index (χ0) is 10.3. The first kappa shape index (κ1) is 9.58. The van der Waals surface area contributed by atoms with Gasteiger partial charge in [-0.25, -0.2) is 9.97 Å². The molecule has 15 heavy (non-hydrogen) atoms. The minimum Gasteiger partial charge on any atom is -0.367 e. The molecule has 3 rings (SSSR count). The Morgan fingerprint density at radius 3 is 2.60 bits per heavy atom. The Labute approximate surface area is 97.8 Å². The van der Waals surface area contributed by atoms with Crippen LogP contribution >= 0.6 is 15.9 Å². The Bertz CT molecular complexity index is 372. The number of rotatable bonds is 3. The molecular weight excluding hydrogens is 254 g/mol. The van der Waals surface area contributed by atoms with Crippen molar-refractivity contribution in [1.29, 1.82) is 0 Å². The van der Waals surface area contributed by atoms with Gasteiger partial charge in [-0.15, -0.1) is 0 Å². The molecule has 0 unspecified atom stereocenters. The van der Waals surface area contributed by atoms with Crippen molar-refractivity contribution >= 4 is 21.7 Å². The second-order valence-electron chi connectivity index (χ2n) is 4.48. The van der Waals surface area contributed by atoms with Crippen LogP contribution < -0.4 is 5.32 Å². The molecule has 1 heterocycles. The standard InChI is InChI=1S/C11H14BrN3/c12-9-6-10(13-8-2-1-3-8)15-11(14-9)7-4-5-7/h6-8H,1-5H2,(H,13,14,15). The van der Waals surface area contributed by atoms with Crippen molar-refractivity contribution in [3.05, 3.63) is 16.5 Å². The summed E-state index contributed by atoms with van der Waals surface area (Å²) in [6, 6.07) is 2.61. The Morgan fingerprint density at radius 2 is 2.00 bits per heavy atom. The lowest BCUT2D eigenvalue weighted by atomic mass is 9.93. The molecular formula is C11H14BrN3. The summed E-state index contributed by atoms with van der Waals surface area (Å²) in [5.74, 6) is 2.61. The van der Waals surface area contributed by atoms with Gasteiger partial charge in [-0.05, 0) is 48.0 Å². The highest BCUT2D eigenvalue weighted by atomic mass is 79.9. The first-order chi connectivity index (χ1) is 7.31. The summed E-state index contributed by atoms with van der Waals surface area (Å²) < 4.78 is 0.904. The maximum Gasteiger partial charge on any atom is 0.135 e. The molecule has 1 aromatic rings. The molecule has 2 saturated carbocycles. The Morgan fingerprint density at radius 1 is 1.20 bits per heavy atom. The summed E-state index contributed by atoms with van der Waals surface area (Å²) in [6.45, 7) is 0. The van der Waals surface area contributed by atoms with E-state index in [4.69, 9.17) is 0 Å². The van der Waals surface area contributed by atoms with Gasteiger partial charge in [0.15, 0.2) is 0 Å². The van der Waals surface area contributed by atoms with Crippen molar-refractivity contribution < 1.29 is 0 Å². The van der Waals surface area contributed by atoms with E-state index in [-0.39, 0.29) is 0 Å². The SMILES string of the molecule is Brc1cc(NC2CCC2)nc(C2CC2)n1. The van der Waals surface area contributed by atoms with E-state index in [0.717, 1.165) is 16.2 Å². The van der Waals surface area contributed by atoms with Crippen molar-refractivity contribution in [2.45, 2.75) is 44.1 Å². The Hall–Kier alpha value is -0.640. The van der Waals surface area contributed by atoms with Crippen molar-refractivity contribution in [1.82, 2.24) is 9.97 Å². The molecule has 2 aliphatic carbocycles. The number of anilines is 1. The molecule has 80 valence electrons. The third kappa shape index (κ3) is 2.14. The van der Waals surface area contributed by atoms with Gasteiger partial charge in [-0.3, -0.25) is 0 Å². The van der Waals surface area contributed by atoms with E-state index < -0.39 is 0 Å². The lowest BCUT2D eigenvalue weighted by Crippen LogP contribution is -2.27. The smallest absolute Gasteiger partial charge is 0.135 e. The van der Waals surface area contributed by atoms with Crippen LogP contribution in [0.2, 0.25) is 0 Å². The second-order valence-corrected chi connectivity index (χ2v) is 5.29. The van der Waals surface area contributed by atoms with Crippen molar-refractivity contribution in [3.63, 3.8) is 0 Å². The van der Waals surface area contributed by atoms with Gasteiger partial charge in [0.1, 0.15) is 16.2 Å². The molecule has 0 radical (unpaired) electrons. The minimum absolute atomic E-state index is 0.615. The van der Waals surface area contributed by atoms with Gasteiger partial charge in [0.2, 0.25) is 0 Å². The van der Waals surface area contributed by atoms with Crippen molar-refractivity contribution in [2.24, 2.45) is 0 Å². The van der Waals surface area contributed by atoms with E-state index in [0.29, 0.717) is 12.0 Å². The number of hydrogen-bond donors (Lipinski definition) is 1. The first-order valence-corrected chi connectivity index (χ1v) is 6.41. The summed E-state index contributed by atoms with van der Waals surface area (Å²) >= 11 is 3.45. The van der Waals surface area contributed by atoms with E-state index in [2.05, 4.69) is 31.2 Å². The molecule has 4 heteroatoms. The number of halogens is 1. The number of aromatic nitrogens is 2. The molecule has 2 aliphatic rings. The highest BCUT2D eigenvalue weighted by Crippen LogP contribution is 2.39. The second kappa shape index (κ2) is 3.74. The largest absolute Gasteiger partial charge is 0.367 e. The molecule has 0 bridgehead atoms. The maximum absolute atomic E-state index is 4.57. The Balaban J connectivity index is 1.79. The van der Waals surface area contributed by atoms with Crippen LogP contribution in [0.4, 0.5) is 5.82 Å². The van der Waals surface area contributed by atoms with Crippen LogP contribution in [-0.4, -0.2) is 16.0 Å². The highest BCUT2D eigenvalue weighted by Gasteiger charge is 2.27. The highest BCUT2D eigenvalue weighted by molar-refractivity contribution is 9.10. The lowest BCUT2D eigenvalue weighted by molar-refractivity contribution is 0.444. The topological polar surface area (TPSA) is 37.8 Å². The third-order valence-corrected chi connectivity index (χ3v) is 3.52. The van der Waals surface area contributed by atoms with E-state index in [1.807, 2.05) is 6.07 Å². The average Bonchev–Trinajstić information content (AvgIpc) is 2.93. The molecule has 0 atom stereocenters. The molecule has 1 aromatic heterocycles. The summed E-state index contributed by atoms with van der Waals surface area (Å²) in [5.41, 5.74) is 0. The monoisotopic (exact) mass is 267 g/mol. The maximum atomic E-state index is 4.57. The fourth-order valence-electron chi connectivity index (χ4n) is 1.79. The van der Waals surface area contributed by atoms with E-state index in [1.165, 1.54) is 32.1 Å². The van der Waals surface area contributed by atoms with Gasteiger partial charge < -0.3 is 5.32 Å². The van der Waals surface area contributed by atoms with Crippen LogP contribution in [-0.2, 0) is 0 Å². The van der Waals surface area contributed by atoms with E-state index in [1.54, 1.807) is 0 Å². The number of hydrogen-bond acceptors (Lipinski definition) is 3. The van der Waals surface area contributed by atoms with Gasteiger partial charge in [0.25, 0.3) is 0 Å². The van der Waals surface area contributed by atoms with Crippen molar-refractivity contribution in [3.8, 4) is 0 Å². The van der Waals surface area contributed by atoms with E-state index in [9.17, 15) is 0 Å². The molecule has 3 nitrogen and oxygen atoms in total. The predicted molar refractivity (Wildman–Crippen MR) is 63.0 cm³/mol. The zero-order valence-corrected chi connectivity index (χ0v) is 10.1. The third-order valence-electron chi connectivity index (χ3n) is 3.11. The molecule has 0 spiro atoms. The van der Waals surface area contributed by atoms with Crippen LogP contribution in [0.25, 0.3) is 0 Å². The summed E-state index contributed by atoms with van der Waals surface area (Å²) in [7, 11) is 0. The van der Waals surface area contributed by atoms with Gasteiger partial charge in [-0.1, -0.05) is 0 Å². The summed E-state index contributed by atoms with van der Waals surface area (Å²) in [4.78, 5) is 8.98. The molecule has 0 aliphatic heterocycles. The summed E-state index contributed by atoms with van der Waals surface area (Å²) in [5, 5.41) is 3.46. The molecule has 0 amide bonds. The minimum atomic E-state index is 0.615. The quantitative estimate of drug-likeness (QED) is 0.856. The van der Waals surface area contributed by atoms with E-state index >= 15 is 0 Å². The fourth-order valence-corrected chi connectivity index (χ4v) is 2.19. The fraction of sp³-hybridized carbons (Fsp3) is 0.636. The van der Waals surface area contributed by atoms with Crippen LogP contribution in [0.3, 0.4) is 0 Å². The van der Waals surface area contributed by atoms with Crippen LogP contribution in [0.15, 0.2) is 10.7 Å². The number of nitrogens with one attached hydrogen (secondary N) is 1. The van der Waals surface area contributed by atoms with Gasteiger partial charge in [0, 0.05) is 18.0 Å². The normalized spacial score (nSPS) is 21.1. The van der Waals surface area contributed by atoms with Gasteiger partial charge in [0.05, 0.1) is 0 Å². The van der Waals surface area contributed by atoms with Crippen LogP contribution in [0.1, 0.15) is 43.8 Å². The zero-order valence-electron chi connectivity index (χ0n) is 8.54. The van der Waals surface area contributed by atoms with Crippen LogP contribution in [0, 0.1) is 0 Å². The molecule has 2 fully saturated rings. The number of nitrogens with zero attached hydrogens (tertiary/aromatic N) is 2. The lowest BCUT2D eigenvalue weighted by Gasteiger charge is -2.27. The van der Waals surface area contributed by atoms with Gasteiger partial charge >= 0.3 is 0 Å². The predicted octanol–water partition coefficient (Wildman–Crippen LogP) is 3.08.